The van der Waals surface area contributed by atoms with Crippen LogP contribution in [0.5, 0.6) is 0 Å². The Bertz CT molecular complexity index is 337. The van der Waals surface area contributed by atoms with Crippen LogP contribution < -0.4 is 0 Å². The van der Waals surface area contributed by atoms with E-state index < -0.39 is 5.97 Å². The van der Waals surface area contributed by atoms with Crippen LogP contribution in [0.2, 0.25) is 0 Å². The van der Waals surface area contributed by atoms with Crippen LogP contribution in [-0.2, 0) is 9.59 Å². The van der Waals surface area contributed by atoms with Gasteiger partial charge in [0.2, 0.25) is 5.91 Å². The predicted molar refractivity (Wildman–Crippen MR) is 70.7 cm³/mol. The first-order valence-corrected chi connectivity index (χ1v) is 7.52. The fraction of sp³-hybridized carbons (Fsp3) is 0.833. The van der Waals surface area contributed by atoms with Crippen LogP contribution in [0, 0.1) is 0 Å². The molecule has 0 saturated carbocycles. The second-order valence-corrected chi connectivity index (χ2v) is 6.05. The van der Waals surface area contributed by atoms with Crippen molar-refractivity contribution in [3.05, 3.63) is 0 Å². The molecule has 5 nitrogen and oxygen atoms in total. The van der Waals surface area contributed by atoms with Gasteiger partial charge >= 0.3 is 5.97 Å². The molecule has 0 aromatic rings. The standard InChI is InChI=1S/C12H20N2O3S/c1-13-9-2-3-10(13)6-14(5-4-9)11(15)7-18-8-12(16)17/h9-10H,2-8H2,1H3,(H,16,17). The number of carbonyl (C=O) groups excluding carboxylic acids is 1. The van der Waals surface area contributed by atoms with Crippen molar-refractivity contribution in [2.45, 2.75) is 31.3 Å². The quantitative estimate of drug-likeness (QED) is 0.807. The van der Waals surface area contributed by atoms with Crippen molar-refractivity contribution in [1.82, 2.24) is 9.80 Å². The maximum Gasteiger partial charge on any atom is 0.313 e. The third kappa shape index (κ3) is 3.17. The van der Waals surface area contributed by atoms with E-state index in [1.165, 1.54) is 24.6 Å². The van der Waals surface area contributed by atoms with E-state index in [0.717, 1.165) is 19.5 Å². The molecule has 0 spiro atoms. The molecule has 6 heteroatoms. The topological polar surface area (TPSA) is 60.9 Å². The Hall–Kier alpha value is -0.750. The highest BCUT2D eigenvalue weighted by Crippen LogP contribution is 2.28. The molecule has 2 rings (SSSR count). The summed E-state index contributed by atoms with van der Waals surface area (Å²) in [5.74, 6) is -0.483. The lowest BCUT2D eigenvalue weighted by Gasteiger charge is -2.25. The first-order chi connectivity index (χ1) is 8.58. The van der Waals surface area contributed by atoms with Crippen molar-refractivity contribution in [3.63, 3.8) is 0 Å². The summed E-state index contributed by atoms with van der Waals surface area (Å²) in [5.41, 5.74) is 0. The SMILES string of the molecule is CN1C2CCC1CN(C(=O)CSCC(=O)O)CC2. The van der Waals surface area contributed by atoms with Gasteiger partial charge in [-0.1, -0.05) is 0 Å². The van der Waals surface area contributed by atoms with Crippen LogP contribution in [0.15, 0.2) is 0 Å². The van der Waals surface area contributed by atoms with Crippen molar-refractivity contribution in [2.24, 2.45) is 0 Å². The Labute approximate surface area is 112 Å². The van der Waals surface area contributed by atoms with Gasteiger partial charge in [-0.2, -0.15) is 0 Å². The molecule has 1 N–H and O–H groups in total. The van der Waals surface area contributed by atoms with Crippen LogP contribution in [0.25, 0.3) is 0 Å². The lowest BCUT2D eigenvalue weighted by Crippen LogP contribution is -2.40. The van der Waals surface area contributed by atoms with E-state index in [9.17, 15) is 9.59 Å². The van der Waals surface area contributed by atoms with Crippen LogP contribution in [0.3, 0.4) is 0 Å². The van der Waals surface area contributed by atoms with Crippen LogP contribution in [0.4, 0.5) is 0 Å². The number of carbonyl (C=O) groups is 2. The van der Waals surface area contributed by atoms with Crippen LogP contribution in [0.1, 0.15) is 19.3 Å². The minimum atomic E-state index is -0.859. The molecule has 18 heavy (non-hydrogen) atoms. The summed E-state index contributed by atoms with van der Waals surface area (Å²) in [7, 11) is 2.15. The van der Waals surface area contributed by atoms with Crippen molar-refractivity contribution >= 4 is 23.6 Å². The molecule has 0 aromatic heterocycles. The molecule has 102 valence electrons. The summed E-state index contributed by atoms with van der Waals surface area (Å²) in [4.78, 5) is 26.7. The number of amides is 1. The molecule has 2 bridgehead atoms. The summed E-state index contributed by atoms with van der Waals surface area (Å²) in [6.45, 7) is 1.62. The van der Waals surface area contributed by atoms with Gasteiger partial charge in [0.05, 0.1) is 11.5 Å². The van der Waals surface area contributed by atoms with Gasteiger partial charge in [-0.3, -0.25) is 14.5 Å². The molecule has 0 aromatic carbocycles. The van der Waals surface area contributed by atoms with Crippen LogP contribution in [-0.4, -0.2) is 70.5 Å². The van der Waals surface area contributed by atoms with Gasteiger partial charge in [-0.05, 0) is 26.3 Å². The third-order valence-electron chi connectivity index (χ3n) is 3.95. The van der Waals surface area contributed by atoms with E-state index in [0.29, 0.717) is 12.1 Å². The number of hydrogen-bond acceptors (Lipinski definition) is 4. The molecule has 2 saturated heterocycles. The Morgan fingerprint density at radius 3 is 2.67 bits per heavy atom. The van der Waals surface area contributed by atoms with Crippen molar-refractivity contribution in [3.8, 4) is 0 Å². The molecule has 2 fully saturated rings. The highest BCUT2D eigenvalue weighted by atomic mass is 32.2. The fourth-order valence-electron chi connectivity index (χ4n) is 2.85. The molecule has 1 amide bonds. The van der Waals surface area contributed by atoms with E-state index in [1.54, 1.807) is 0 Å². The minimum Gasteiger partial charge on any atom is -0.481 e. The molecular formula is C12H20N2O3S. The maximum atomic E-state index is 12.0. The Morgan fingerprint density at radius 1 is 1.22 bits per heavy atom. The zero-order chi connectivity index (χ0) is 13.1. The van der Waals surface area contributed by atoms with Crippen LogP contribution >= 0.6 is 11.8 Å². The number of thioether (sulfide) groups is 1. The zero-order valence-electron chi connectivity index (χ0n) is 10.7. The van der Waals surface area contributed by atoms with Gasteiger partial charge in [-0.25, -0.2) is 0 Å². The average molecular weight is 272 g/mol. The van der Waals surface area contributed by atoms with Crippen molar-refractivity contribution in [1.29, 1.82) is 0 Å². The summed E-state index contributed by atoms with van der Waals surface area (Å²) < 4.78 is 0. The average Bonchev–Trinajstić information content (AvgIpc) is 2.52. The molecule has 2 aliphatic heterocycles. The largest absolute Gasteiger partial charge is 0.481 e. The van der Waals surface area contributed by atoms with Gasteiger partial charge in [0, 0.05) is 25.2 Å². The molecule has 2 heterocycles. The van der Waals surface area contributed by atoms with E-state index in [1.807, 2.05) is 4.90 Å². The second kappa shape index (κ2) is 5.93. The minimum absolute atomic E-state index is 0.00549. The Morgan fingerprint density at radius 2 is 1.94 bits per heavy atom. The van der Waals surface area contributed by atoms with Gasteiger partial charge in [0.15, 0.2) is 0 Å². The number of aliphatic carboxylic acids is 1. The Kier molecular flexibility index (Phi) is 4.50. The molecule has 2 unspecified atom stereocenters. The molecule has 2 atom stereocenters. The van der Waals surface area contributed by atoms with E-state index in [4.69, 9.17) is 5.11 Å². The van der Waals surface area contributed by atoms with E-state index >= 15 is 0 Å². The van der Waals surface area contributed by atoms with Gasteiger partial charge in [0.1, 0.15) is 0 Å². The highest BCUT2D eigenvalue weighted by molar-refractivity contribution is 8.00. The lowest BCUT2D eigenvalue weighted by molar-refractivity contribution is -0.133. The molecule has 0 aliphatic carbocycles. The number of likely N-dealkylation sites (N-methyl/N-ethyl adjacent to an activating group) is 1. The van der Waals surface area contributed by atoms with E-state index in [2.05, 4.69) is 11.9 Å². The highest BCUT2D eigenvalue weighted by Gasteiger charge is 2.35. The lowest BCUT2D eigenvalue weighted by atomic mass is 10.1. The first kappa shape index (κ1) is 13.7. The monoisotopic (exact) mass is 272 g/mol. The molecule has 2 aliphatic rings. The predicted octanol–water partition coefficient (Wildman–Crippen LogP) is 0.499. The number of carboxylic acid groups (broad SMARTS) is 1. The number of nitrogens with zero attached hydrogens (tertiary/aromatic N) is 2. The molecular weight excluding hydrogens is 252 g/mol. The maximum absolute atomic E-state index is 12.0. The summed E-state index contributed by atoms with van der Waals surface area (Å²) in [5, 5.41) is 8.55. The number of rotatable bonds is 4. The fourth-order valence-corrected chi connectivity index (χ4v) is 3.49. The zero-order valence-corrected chi connectivity index (χ0v) is 11.5. The number of likely N-dealkylation sites (tertiary alicyclic amines) is 1. The first-order valence-electron chi connectivity index (χ1n) is 6.37. The van der Waals surface area contributed by atoms with E-state index in [-0.39, 0.29) is 17.4 Å². The van der Waals surface area contributed by atoms with Gasteiger partial charge < -0.3 is 10.0 Å². The number of hydrogen-bond donors (Lipinski definition) is 1. The summed E-state index contributed by atoms with van der Waals surface area (Å²) in [6.07, 6.45) is 3.46. The smallest absolute Gasteiger partial charge is 0.313 e. The normalized spacial score (nSPS) is 28.2. The van der Waals surface area contributed by atoms with Gasteiger partial charge in [-0.15, -0.1) is 11.8 Å². The Balaban J connectivity index is 1.82. The van der Waals surface area contributed by atoms with Gasteiger partial charge in [0.25, 0.3) is 0 Å². The summed E-state index contributed by atoms with van der Waals surface area (Å²) in [6, 6.07) is 1.12. The van der Waals surface area contributed by atoms with Crippen molar-refractivity contribution in [2.75, 3.05) is 31.6 Å². The number of carboxylic acids is 1. The molecule has 0 radical (unpaired) electrons. The number of fused-ring (bicyclic) bond motifs is 2. The summed E-state index contributed by atoms with van der Waals surface area (Å²) >= 11 is 1.19. The third-order valence-corrected chi connectivity index (χ3v) is 4.85. The van der Waals surface area contributed by atoms with Crippen molar-refractivity contribution < 1.29 is 14.7 Å². The second-order valence-electron chi connectivity index (χ2n) is 5.07.